The summed E-state index contributed by atoms with van der Waals surface area (Å²) in [5, 5.41) is 0. The van der Waals surface area contributed by atoms with Gasteiger partial charge in [0.2, 0.25) is 0 Å². The molecule has 0 aromatic rings. The van der Waals surface area contributed by atoms with Crippen molar-refractivity contribution in [2.75, 3.05) is 27.2 Å². The van der Waals surface area contributed by atoms with Gasteiger partial charge in [-0.25, -0.2) is 0 Å². The molecule has 0 saturated carbocycles. The van der Waals surface area contributed by atoms with Crippen molar-refractivity contribution in [2.24, 2.45) is 5.92 Å². The number of unbranched alkanes of at least 4 members (excludes halogenated alkanes) is 22. The molecule has 0 fully saturated rings. The summed E-state index contributed by atoms with van der Waals surface area (Å²) in [5.74, 6) is -0.217. The smallest absolute Gasteiger partial charge is 0.309 e. The second kappa shape index (κ2) is 35.2. The average Bonchev–Trinajstić information content (AvgIpc) is 3.04. The second-order valence-corrected chi connectivity index (χ2v) is 14.5. The van der Waals surface area contributed by atoms with Crippen molar-refractivity contribution >= 4 is 11.9 Å². The molecular formula is C41H81NO4. The lowest BCUT2D eigenvalue weighted by atomic mass is 9.94. The van der Waals surface area contributed by atoms with Crippen LogP contribution < -0.4 is 0 Å². The number of rotatable bonds is 36. The Morgan fingerprint density at radius 2 is 0.891 bits per heavy atom. The molecule has 0 aliphatic carbocycles. The molecule has 0 saturated heterocycles. The molecule has 2 unspecified atom stereocenters. The summed E-state index contributed by atoms with van der Waals surface area (Å²) in [6.07, 6.45) is 34.8. The lowest BCUT2D eigenvalue weighted by Crippen LogP contribution is -2.28. The zero-order valence-electron chi connectivity index (χ0n) is 31.9. The van der Waals surface area contributed by atoms with E-state index in [0.29, 0.717) is 6.42 Å². The van der Waals surface area contributed by atoms with E-state index in [1.54, 1.807) is 0 Å². The molecule has 0 bridgehead atoms. The Morgan fingerprint density at radius 1 is 0.500 bits per heavy atom. The zero-order valence-corrected chi connectivity index (χ0v) is 31.9. The molecule has 0 aliphatic heterocycles. The maximum atomic E-state index is 13.3. The van der Waals surface area contributed by atoms with Gasteiger partial charge in [-0.15, -0.1) is 0 Å². The van der Waals surface area contributed by atoms with Crippen molar-refractivity contribution in [3.05, 3.63) is 0 Å². The van der Waals surface area contributed by atoms with Crippen LogP contribution in [0.5, 0.6) is 0 Å². The Balaban J connectivity index is 4.73. The number of nitrogens with zero attached hydrogens (tertiary/aromatic N) is 1. The quantitative estimate of drug-likeness (QED) is 0.0498. The van der Waals surface area contributed by atoms with Gasteiger partial charge in [-0.2, -0.15) is 0 Å². The molecule has 0 radical (unpaired) electrons. The SMILES string of the molecule is CCCCCCCCCCCCCCC(COC(=O)C(CCCCCC)CCCCCCCC)OC(=O)CCCCCCN(C)C. The molecule has 0 aromatic heterocycles. The predicted octanol–water partition coefficient (Wildman–Crippen LogP) is 12.4. The standard InChI is InChI=1S/C41H81NO4/c1-6-9-12-15-17-18-19-20-21-22-24-29-34-39(46-40(43)35-30-25-26-31-36-42(4)5)37-45-41(44)38(32-27-14-11-8-3)33-28-23-16-13-10-7-2/h38-39H,6-37H2,1-5H3. The van der Waals surface area contributed by atoms with Gasteiger partial charge in [-0.3, -0.25) is 9.59 Å². The van der Waals surface area contributed by atoms with E-state index in [0.717, 1.165) is 77.2 Å². The van der Waals surface area contributed by atoms with E-state index in [1.807, 2.05) is 0 Å². The number of ether oxygens (including phenoxy) is 2. The van der Waals surface area contributed by atoms with Gasteiger partial charge in [0.25, 0.3) is 0 Å². The van der Waals surface area contributed by atoms with Crippen molar-refractivity contribution in [1.82, 2.24) is 4.90 Å². The van der Waals surface area contributed by atoms with E-state index in [2.05, 4.69) is 39.8 Å². The van der Waals surface area contributed by atoms with Crippen LogP contribution in [0.3, 0.4) is 0 Å². The maximum Gasteiger partial charge on any atom is 0.309 e. The summed E-state index contributed by atoms with van der Waals surface area (Å²) >= 11 is 0. The predicted molar refractivity (Wildman–Crippen MR) is 198 cm³/mol. The number of hydrogen-bond acceptors (Lipinski definition) is 5. The molecule has 5 nitrogen and oxygen atoms in total. The van der Waals surface area contributed by atoms with Crippen LogP contribution in [0.25, 0.3) is 0 Å². The van der Waals surface area contributed by atoms with Gasteiger partial charge in [0.15, 0.2) is 0 Å². The van der Waals surface area contributed by atoms with Crippen LogP contribution >= 0.6 is 0 Å². The number of esters is 2. The molecule has 2 atom stereocenters. The Bertz CT molecular complexity index is 652. The molecule has 0 rings (SSSR count). The highest BCUT2D eigenvalue weighted by atomic mass is 16.6. The maximum absolute atomic E-state index is 13.3. The van der Waals surface area contributed by atoms with Crippen LogP contribution in [-0.2, 0) is 19.1 Å². The van der Waals surface area contributed by atoms with Crippen LogP contribution in [0.2, 0.25) is 0 Å². The van der Waals surface area contributed by atoms with E-state index in [9.17, 15) is 9.59 Å². The summed E-state index contributed by atoms with van der Waals surface area (Å²) in [6, 6.07) is 0. The third-order valence-electron chi connectivity index (χ3n) is 9.47. The first-order valence-electron chi connectivity index (χ1n) is 20.4. The highest BCUT2D eigenvalue weighted by Crippen LogP contribution is 2.22. The fourth-order valence-corrected chi connectivity index (χ4v) is 6.35. The van der Waals surface area contributed by atoms with Gasteiger partial charge >= 0.3 is 11.9 Å². The van der Waals surface area contributed by atoms with Crippen LogP contribution in [0.4, 0.5) is 0 Å². The van der Waals surface area contributed by atoms with Crippen molar-refractivity contribution in [1.29, 1.82) is 0 Å². The minimum Gasteiger partial charge on any atom is -0.462 e. The van der Waals surface area contributed by atoms with E-state index in [-0.39, 0.29) is 30.6 Å². The summed E-state index contributed by atoms with van der Waals surface area (Å²) in [4.78, 5) is 28.3. The third kappa shape index (κ3) is 31.5. The van der Waals surface area contributed by atoms with Crippen LogP contribution in [0.1, 0.15) is 213 Å². The molecule has 0 aliphatic rings. The first-order chi connectivity index (χ1) is 22.4. The molecule has 274 valence electrons. The van der Waals surface area contributed by atoms with Crippen molar-refractivity contribution < 1.29 is 19.1 Å². The minimum atomic E-state index is -0.317. The van der Waals surface area contributed by atoms with E-state index in [1.165, 1.54) is 116 Å². The Hall–Kier alpha value is -1.10. The zero-order chi connectivity index (χ0) is 33.9. The summed E-state index contributed by atoms with van der Waals surface area (Å²) in [5.41, 5.74) is 0. The lowest BCUT2D eigenvalue weighted by Gasteiger charge is -2.21. The first-order valence-corrected chi connectivity index (χ1v) is 20.4. The van der Waals surface area contributed by atoms with Crippen LogP contribution in [0.15, 0.2) is 0 Å². The number of hydrogen-bond donors (Lipinski definition) is 0. The fourth-order valence-electron chi connectivity index (χ4n) is 6.35. The number of carbonyl (C=O) groups is 2. The number of carbonyl (C=O) groups excluding carboxylic acids is 2. The van der Waals surface area contributed by atoms with Crippen molar-refractivity contribution in [2.45, 2.75) is 219 Å². The van der Waals surface area contributed by atoms with Gasteiger partial charge in [-0.1, -0.05) is 168 Å². The monoisotopic (exact) mass is 652 g/mol. The van der Waals surface area contributed by atoms with E-state index < -0.39 is 0 Å². The lowest BCUT2D eigenvalue weighted by molar-refractivity contribution is -0.162. The molecule has 0 aromatic carbocycles. The van der Waals surface area contributed by atoms with Gasteiger partial charge in [0.1, 0.15) is 12.7 Å². The first kappa shape index (κ1) is 44.9. The molecular weight excluding hydrogens is 570 g/mol. The van der Waals surface area contributed by atoms with Gasteiger partial charge in [0.05, 0.1) is 5.92 Å². The largest absolute Gasteiger partial charge is 0.462 e. The van der Waals surface area contributed by atoms with Crippen molar-refractivity contribution in [3.63, 3.8) is 0 Å². The Morgan fingerprint density at radius 3 is 1.37 bits per heavy atom. The average molecular weight is 652 g/mol. The van der Waals surface area contributed by atoms with E-state index >= 15 is 0 Å². The molecule has 0 heterocycles. The molecule has 46 heavy (non-hydrogen) atoms. The second-order valence-electron chi connectivity index (χ2n) is 14.5. The Kier molecular flexibility index (Phi) is 34.4. The minimum absolute atomic E-state index is 0.0202. The van der Waals surface area contributed by atoms with E-state index in [4.69, 9.17) is 9.47 Å². The molecule has 0 amide bonds. The summed E-state index contributed by atoms with van der Waals surface area (Å²) < 4.78 is 11.9. The molecule has 0 spiro atoms. The molecule has 5 heteroatoms. The summed E-state index contributed by atoms with van der Waals surface area (Å²) in [7, 11) is 4.20. The van der Waals surface area contributed by atoms with Crippen LogP contribution in [0, 0.1) is 5.92 Å². The topological polar surface area (TPSA) is 55.8 Å². The highest BCUT2D eigenvalue weighted by molar-refractivity contribution is 5.72. The van der Waals surface area contributed by atoms with Crippen LogP contribution in [-0.4, -0.2) is 50.2 Å². The normalized spacial score (nSPS) is 12.8. The third-order valence-corrected chi connectivity index (χ3v) is 9.47. The highest BCUT2D eigenvalue weighted by Gasteiger charge is 2.22. The fraction of sp³-hybridized carbons (Fsp3) is 0.951. The van der Waals surface area contributed by atoms with Crippen molar-refractivity contribution in [3.8, 4) is 0 Å². The molecule has 0 N–H and O–H groups in total. The van der Waals surface area contributed by atoms with Gasteiger partial charge < -0.3 is 14.4 Å². The Labute approximate surface area is 288 Å². The van der Waals surface area contributed by atoms with Gasteiger partial charge in [0, 0.05) is 6.42 Å². The summed E-state index contributed by atoms with van der Waals surface area (Å²) in [6.45, 7) is 8.06. The van der Waals surface area contributed by atoms with Gasteiger partial charge in [-0.05, 0) is 59.2 Å².